The molecule has 0 atom stereocenters. The molecule has 1 saturated heterocycles. The van der Waals surface area contributed by atoms with E-state index in [0.29, 0.717) is 0 Å². The largest absolute Gasteiger partial charge is 0.480 e. The Morgan fingerprint density at radius 2 is 2.06 bits per heavy atom. The molecule has 0 bridgehead atoms. The van der Waals surface area contributed by atoms with Crippen molar-refractivity contribution in [2.75, 3.05) is 20.3 Å². The fourth-order valence-electron chi connectivity index (χ4n) is 1.22. The number of rotatable bonds is 6. The van der Waals surface area contributed by atoms with E-state index >= 15 is 0 Å². The van der Waals surface area contributed by atoms with Gasteiger partial charge in [0.25, 0.3) is 10.2 Å². The van der Waals surface area contributed by atoms with Crippen LogP contribution in [0, 0.1) is 0 Å². The standard InChI is InChI=1S/C8H12N4O6/c1-10(4-8(15)16)12(17)9-18-5-11-6(13)2-3-7(11)14/h2-5H2,1H3,(H-,9,15,16,17)/p+1. The van der Waals surface area contributed by atoms with Gasteiger partial charge in [-0.15, -0.1) is 5.01 Å². The number of nitrogens with zero attached hydrogens (tertiary/aromatic N) is 4. The summed E-state index contributed by atoms with van der Waals surface area (Å²) in [5.74, 6) is -1.92. The Morgan fingerprint density at radius 3 is 2.56 bits per heavy atom. The molecule has 2 amide bonds. The minimum atomic E-state index is -1.17. The normalized spacial score (nSPS) is 16.1. The molecule has 0 unspecified atom stereocenters. The molecule has 2 N–H and O–H groups in total. The van der Waals surface area contributed by atoms with Crippen molar-refractivity contribution in [3.63, 3.8) is 0 Å². The molecule has 0 aromatic heterocycles. The molecule has 0 aromatic rings. The lowest BCUT2D eigenvalue weighted by Gasteiger charge is -2.09. The van der Waals surface area contributed by atoms with Gasteiger partial charge in [-0.2, -0.15) is 0 Å². The SMILES string of the molecule is CN(CC(=O)O)/[N+](O)=N/OCN1C(=O)CCC1=O. The van der Waals surface area contributed by atoms with E-state index in [4.69, 9.17) is 5.11 Å². The molecular formula is C8H13N4O6+. The number of hydrogen-bond acceptors (Lipinski definition) is 5. The van der Waals surface area contributed by atoms with Gasteiger partial charge in [0.2, 0.25) is 18.5 Å². The zero-order valence-electron chi connectivity index (χ0n) is 9.64. The summed E-state index contributed by atoms with van der Waals surface area (Å²) in [6.07, 6.45) is 0.258. The number of imide groups is 1. The summed E-state index contributed by atoms with van der Waals surface area (Å²) in [6, 6.07) is 0. The smallest absolute Gasteiger partial charge is 0.329 e. The van der Waals surface area contributed by atoms with Crippen LogP contribution in [0.15, 0.2) is 5.28 Å². The van der Waals surface area contributed by atoms with Crippen LogP contribution in [0.25, 0.3) is 0 Å². The molecule has 1 fully saturated rings. The molecule has 1 heterocycles. The third kappa shape index (κ3) is 3.57. The monoisotopic (exact) mass is 261 g/mol. The first-order chi connectivity index (χ1) is 8.41. The second kappa shape index (κ2) is 5.80. The van der Waals surface area contributed by atoms with Crippen LogP contribution in [-0.4, -0.2) is 63.3 Å². The van der Waals surface area contributed by atoms with E-state index in [2.05, 4.69) is 10.1 Å². The number of amides is 2. The zero-order chi connectivity index (χ0) is 13.7. The van der Waals surface area contributed by atoms with Crippen LogP contribution >= 0.6 is 0 Å². The van der Waals surface area contributed by atoms with Gasteiger partial charge in [0.05, 0.1) is 7.05 Å². The number of likely N-dealkylation sites (N-methyl/N-ethyl adjacent to an activating group) is 1. The van der Waals surface area contributed by atoms with Crippen LogP contribution in [-0.2, 0) is 19.2 Å². The number of hydrazine groups is 1. The molecule has 1 aliphatic rings. The van der Waals surface area contributed by atoms with Crippen molar-refractivity contribution in [2.45, 2.75) is 12.8 Å². The van der Waals surface area contributed by atoms with Crippen LogP contribution in [0.3, 0.4) is 0 Å². The molecule has 1 aliphatic heterocycles. The van der Waals surface area contributed by atoms with Crippen LogP contribution < -0.4 is 0 Å². The van der Waals surface area contributed by atoms with Crippen molar-refractivity contribution < 1.29 is 34.5 Å². The van der Waals surface area contributed by atoms with E-state index in [1.54, 1.807) is 0 Å². The third-order valence-corrected chi connectivity index (χ3v) is 2.14. The van der Waals surface area contributed by atoms with Gasteiger partial charge in [0.1, 0.15) is 0 Å². The van der Waals surface area contributed by atoms with E-state index < -0.39 is 19.2 Å². The summed E-state index contributed by atoms with van der Waals surface area (Å²) in [5.41, 5.74) is 0. The van der Waals surface area contributed by atoms with Crippen molar-refractivity contribution in [1.29, 1.82) is 0 Å². The minimum Gasteiger partial charge on any atom is -0.480 e. The number of aliphatic carboxylic acids is 1. The maximum atomic E-state index is 11.2. The zero-order valence-corrected chi connectivity index (χ0v) is 9.64. The summed E-state index contributed by atoms with van der Waals surface area (Å²) in [4.78, 5) is 38.2. The van der Waals surface area contributed by atoms with Crippen molar-refractivity contribution >= 4 is 17.8 Å². The van der Waals surface area contributed by atoms with Crippen LogP contribution in [0.1, 0.15) is 12.8 Å². The predicted octanol–water partition coefficient (Wildman–Crippen LogP) is -1.19. The van der Waals surface area contributed by atoms with E-state index in [1.165, 1.54) is 7.05 Å². The molecule has 0 aromatic carbocycles. The van der Waals surface area contributed by atoms with Crippen molar-refractivity contribution in [2.24, 2.45) is 5.28 Å². The molecular weight excluding hydrogens is 248 g/mol. The Hall–Kier alpha value is -2.39. The summed E-state index contributed by atoms with van der Waals surface area (Å²) < 4.78 is 0. The van der Waals surface area contributed by atoms with Crippen molar-refractivity contribution in [3.8, 4) is 0 Å². The lowest BCUT2D eigenvalue weighted by atomic mass is 10.4. The average Bonchev–Trinajstić information content (AvgIpc) is 2.59. The van der Waals surface area contributed by atoms with Gasteiger partial charge in [-0.3, -0.25) is 14.4 Å². The van der Waals surface area contributed by atoms with E-state index in [1.807, 2.05) is 0 Å². The number of hydrogen-bond donors (Lipinski definition) is 2. The second-order valence-corrected chi connectivity index (χ2v) is 3.53. The van der Waals surface area contributed by atoms with Gasteiger partial charge in [-0.25, -0.2) is 10.1 Å². The van der Waals surface area contributed by atoms with Crippen molar-refractivity contribution in [3.05, 3.63) is 0 Å². The topological polar surface area (TPSA) is 123 Å². The highest BCUT2D eigenvalue weighted by molar-refractivity contribution is 6.01. The fraction of sp³-hybridized carbons (Fsp3) is 0.625. The first kappa shape index (κ1) is 13.7. The van der Waals surface area contributed by atoms with Gasteiger partial charge >= 0.3 is 5.97 Å². The molecule has 10 nitrogen and oxygen atoms in total. The Morgan fingerprint density at radius 1 is 1.50 bits per heavy atom. The summed E-state index contributed by atoms with van der Waals surface area (Å²) in [5, 5.41) is 21.6. The number of carboxylic acid groups (broad SMARTS) is 1. The van der Waals surface area contributed by atoms with Crippen molar-refractivity contribution in [1.82, 2.24) is 9.91 Å². The number of carbonyl (C=O) groups excluding carboxylic acids is 2. The Bertz CT molecular complexity index is 379. The molecule has 0 saturated carbocycles. The quantitative estimate of drug-likeness (QED) is 0.267. The Labute approximate surface area is 102 Å². The molecule has 0 spiro atoms. The highest BCUT2D eigenvalue weighted by Crippen LogP contribution is 2.10. The van der Waals surface area contributed by atoms with Crippen LogP contribution in [0.2, 0.25) is 0 Å². The average molecular weight is 261 g/mol. The van der Waals surface area contributed by atoms with Crippen LogP contribution in [0.5, 0.6) is 0 Å². The lowest BCUT2D eigenvalue weighted by molar-refractivity contribution is -0.937. The maximum absolute atomic E-state index is 11.2. The number of likely N-dealkylation sites (tertiary alicyclic amines) is 1. The van der Waals surface area contributed by atoms with Gasteiger partial charge in [-0.1, -0.05) is 0 Å². The van der Waals surface area contributed by atoms with E-state index in [9.17, 15) is 19.6 Å². The first-order valence-corrected chi connectivity index (χ1v) is 4.99. The molecule has 0 radical (unpaired) electrons. The predicted molar refractivity (Wildman–Crippen MR) is 51.8 cm³/mol. The van der Waals surface area contributed by atoms with Gasteiger partial charge < -0.3 is 9.94 Å². The Kier molecular flexibility index (Phi) is 4.40. The highest BCUT2D eigenvalue weighted by Gasteiger charge is 2.29. The molecule has 0 aliphatic carbocycles. The number of carboxylic acids is 1. The Balaban J connectivity index is 2.42. The van der Waals surface area contributed by atoms with Gasteiger partial charge in [-0.05, 0) is 0 Å². The third-order valence-electron chi connectivity index (χ3n) is 2.14. The summed E-state index contributed by atoms with van der Waals surface area (Å²) in [7, 11) is 1.26. The minimum absolute atomic E-state index is 0.129. The molecule has 18 heavy (non-hydrogen) atoms. The van der Waals surface area contributed by atoms with E-state index in [-0.39, 0.29) is 29.6 Å². The number of carbonyl (C=O) groups is 3. The van der Waals surface area contributed by atoms with E-state index in [0.717, 1.165) is 9.91 Å². The fourth-order valence-corrected chi connectivity index (χ4v) is 1.22. The second-order valence-electron chi connectivity index (χ2n) is 3.53. The highest BCUT2D eigenvalue weighted by atomic mass is 16.7. The first-order valence-electron chi connectivity index (χ1n) is 4.99. The molecule has 10 heteroatoms. The maximum Gasteiger partial charge on any atom is 0.329 e. The lowest BCUT2D eigenvalue weighted by Crippen LogP contribution is -2.34. The summed E-state index contributed by atoms with van der Waals surface area (Å²) >= 11 is 0. The summed E-state index contributed by atoms with van der Waals surface area (Å²) in [6.45, 7) is -0.916. The molecule has 100 valence electrons. The van der Waals surface area contributed by atoms with Gasteiger partial charge in [0, 0.05) is 12.8 Å². The van der Waals surface area contributed by atoms with Gasteiger partial charge in [0.15, 0.2) is 6.54 Å². The van der Waals surface area contributed by atoms with Crippen LogP contribution in [0.4, 0.5) is 0 Å². The molecule has 1 rings (SSSR count).